The van der Waals surface area contributed by atoms with E-state index in [4.69, 9.17) is 11.6 Å². The van der Waals surface area contributed by atoms with Crippen molar-refractivity contribution in [1.82, 2.24) is 0 Å². The maximum Gasteiger partial charge on any atom is 0.115 e. The van der Waals surface area contributed by atoms with Crippen LogP contribution in [0.5, 0.6) is 5.75 Å². The molecule has 0 aromatic heterocycles. The molecule has 0 spiro atoms. The molecule has 25 heavy (non-hydrogen) atoms. The van der Waals surface area contributed by atoms with E-state index in [2.05, 4.69) is 30.3 Å². The number of aromatic hydroxyl groups is 1. The largest absolute Gasteiger partial charge is 0.508 e. The molecule has 1 fully saturated rings. The van der Waals surface area contributed by atoms with Crippen molar-refractivity contribution in [1.29, 1.82) is 0 Å². The van der Waals surface area contributed by atoms with Crippen LogP contribution in [0.3, 0.4) is 0 Å². The van der Waals surface area contributed by atoms with Crippen LogP contribution < -0.4 is 0 Å². The lowest BCUT2D eigenvalue weighted by Gasteiger charge is -2.16. The van der Waals surface area contributed by atoms with Gasteiger partial charge in [-0.3, -0.25) is 0 Å². The standard InChI is InChI=1S/C23H25ClO/c24-17-5-6-18-9-11-20(12-10-18)23(19-7-3-1-2-4-8-19)21-13-15-22(25)16-14-21/h5-6,9-16,25H,1-4,7-8,17H2. The number of phenolic OH excluding ortho intramolecular Hbond substituents is 1. The third-order valence-corrected chi connectivity index (χ3v) is 4.99. The van der Waals surface area contributed by atoms with Gasteiger partial charge in [0, 0.05) is 5.88 Å². The van der Waals surface area contributed by atoms with E-state index in [9.17, 15) is 5.11 Å². The predicted octanol–water partition coefficient (Wildman–Crippen LogP) is 6.80. The second-order valence-electron chi connectivity index (χ2n) is 6.62. The molecule has 0 amide bonds. The summed E-state index contributed by atoms with van der Waals surface area (Å²) in [5.41, 5.74) is 6.51. The van der Waals surface area contributed by atoms with E-state index in [0.29, 0.717) is 11.6 Å². The normalized spacial score (nSPS) is 15.3. The highest BCUT2D eigenvalue weighted by Gasteiger charge is 2.14. The van der Waals surface area contributed by atoms with E-state index in [1.807, 2.05) is 18.2 Å². The van der Waals surface area contributed by atoms with Crippen LogP contribution in [-0.2, 0) is 0 Å². The number of allylic oxidation sites excluding steroid dienone is 2. The molecule has 0 heterocycles. The van der Waals surface area contributed by atoms with E-state index < -0.39 is 0 Å². The number of alkyl halides is 1. The molecule has 1 N–H and O–H groups in total. The Morgan fingerprint density at radius 1 is 0.840 bits per heavy atom. The zero-order valence-electron chi connectivity index (χ0n) is 14.5. The van der Waals surface area contributed by atoms with Crippen LogP contribution in [-0.4, -0.2) is 11.0 Å². The van der Waals surface area contributed by atoms with Gasteiger partial charge >= 0.3 is 0 Å². The van der Waals surface area contributed by atoms with Crippen LogP contribution >= 0.6 is 11.6 Å². The summed E-state index contributed by atoms with van der Waals surface area (Å²) in [5, 5.41) is 9.65. The Morgan fingerprint density at radius 2 is 1.40 bits per heavy atom. The molecule has 0 saturated heterocycles. The molecule has 0 unspecified atom stereocenters. The Labute approximate surface area is 155 Å². The van der Waals surface area contributed by atoms with Crippen molar-refractivity contribution in [2.75, 3.05) is 5.88 Å². The van der Waals surface area contributed by atoms with Crippen LogP contribution in [0.2, 0.25) is 0 Å². The SMILES string of the molecule is Oc1ccc(C(=C2CCCCCC2)c2ccc(C=CCCl)cc2)cc1. The quantitative estimate of drug-likeness (QED) is 0.473. The fourth-order valence-corrected chi connectivity index (χ4v) is 3.64. The van der Waals surface area contributed by atoms with Gasteiger partial charge in [0.25, 0.3) is 0 Å². The highest BCUT2D eigenvalue weighted by Crippen LogP contribution is 2.35. The lowest BCUT2D eigenvalue weighted by Crippen LogP contribution is -1.95. The Bertz CT molecular complexity index is 729. The van der Waals surface area contributed by atoms with Crippen molar-refractivity contribution in [2.45, 2.75) is 38.5 Å². The van der Waals surface area contributed by atoms with Gasteiger partial charge in [-0.15, -0.1) is 11.6 Å². The maximum absolute atomic E-state index is 9.65. The monoisotopic (exact) mass is 352 g/mol. The van der Waals surface area contributed by atoms with Crippen molar-refractivity contribution >= 4 is 23.3 Å². The Kier molecular flexibility index (Phi) is 6.36. The van der Waals surface area contributed by atoms with Crippen LogP contribution in [0.15, 0.2) is 60.2 Å². The summed E-state index contributed by atoms with van der Waals surface area (Å²) in [5.74, 6) is 0.848. The fraction of sp³-hybridized carbons (Fsp3) is 0.304. The zero-order valence-corrected chi connectivity index (χ0v) is 15.3. The molecule has 1 saturated carbocycles. The molecule has 2 aromatic rings. The Hall–Kier alpha value is -1.99. The number of halogens is 1. The summed E-state index contributed by atoms with van der Waals surface area (Å²) < 4.78 is 0. The minimum Gasteiger partial charge on any atom is -0.508 e. The number of phenols is 1. The van der Waals surface area contributed by atoms with Gasteiger partial charge < -0.3 is 5.11 Å². The lowest BCUT2D eigenvalue weighted by molar-refractivity contribution is 0.475. The molecule has 2 heteroatoms. The number of rotatable bonds is 4. The predicted molar refractivity (Wildman–Crippen MR) is 108 cm³/mol. The van der Waals surface area contributed by atoms with Gasteiger partial charge in [0.1, 0.15) is 5.75 Å². The van der Waals surface area contributed by atoms with E-state index >= 15 is 0 Å². The van der Waals surface area contributed by atoms with Crippen molar-refractivity contribution in [3.63, 3.8) is 0 Å². The minimum atomic E-state index is 0.315. The van der Waals surface area contributed by atoms with Crippen LogP contribution in [0.4, 0.5) is 0 Å². The second-order valence-corrected chi connectivity index (χ2v) is 6.93. The number of hydrogen-bond acceptors (Lipinski definition) is 1. The first-order valence-corrected chi connectivity index (χ1v) is 9.66. The second kappa shape index (κ2) is 8.92. The van der Waals surface area contributed by atoms with Gasteiger partial charge in [-0.2, -0.15) is 0 Å². The molecule has 130 valence electrons. The first-order chi connectivity index (χ1) is 12.3. The highest BCUT2D eigenvalue weighted by molar-refractivity contribution is 6.19. The van der Waals surface area contributed by atoms with Gasteiger partial charge in [-0.25, -0.2) is 0 Å². The topological polar surface area (TPSA) is 20.2 Å². The van der Waals surface area contributed by atoms with E-state index in [-0.39, 0.29) is 0 Å². The van der Waals surface area contributed by atoms with Crippen LogP contribution in [0, 0.1) is 0 Å². The van der Waals surface area contributed by atoms with Crippen molar-refractivity contribution < 1.29 is 5.11 Å². The van der Waals surface area contributed by atoms with E-state index in [1.165, 1.54) is 60.8 Å². The first kappa shape index (κ1) is 17.8. The summed E-state index contributed by atoms with van der Waals surface area (Å²) >= 11 is 5.73. The maximum atomic E-state index is 9.65. The molecule has 1 aliphatic carbocycles. The molecule has 2 aromatic carbocycles. The average Bonchev–Trinajstić information content (AvgIpc) is 2.92. The number of hydrogen-bond donors (Lipinski definition) is 1. The van der Waals surface area contributed by atoms with Gasteiger partial charge in [-0.05, 0) is 60.1 Å². The van der Waals surface area contributed by atoms with Gasteiger partial charge in [0.2, 0.25) is 0 Å². The summed E-state index contributed by atoms with van der Waals surface area (Å²) in [6.07, 6.45) is 11.6. The molecule has 1 nitrogen and oxygen atoms in total. The Morgan fingerprint density at radius 3 is 1.96 bits per heavy atom. The third kappa shape index (κ3) is 4.76. The van der Waals surface area contributed by atoms with Crippen LogP contribution in [0.25, 0.3) is 11.6 Å². The molecular formula is C23H25ClO. The van der Waals surface area contributed by atoms with Crippen molar-refractivity contribution in [2.24, 2.45) is 0 Å². The molecule has 0 aliphatic heterocycles. The van der Waals surface area contributed by atoms with Crippen molar-refractivity contribution in [3.8, 4) is 5.75 Å². The van der Waals surface area contributed by atoms with Gasteiger partial charge in [-0.1, -0.05) is 67.0 Å². The summed E-state index contributed by atoms with van der Waals surface area (Å²) in [6.45, 7) is 0. The number of benzene rings is 2. The van der Waals surface area contributed by atoms with Gasteiger partial charge in [0.15, 0.2) is 0 Å². The fourth-order valence-electron chi connectivity index (χ4n) is 3.55. The third-order valence-electron chi connectivity index (χ3n) is 4.82. The van der Waals surface area contributed by atoms with Crippen LogP contribution in [0.1, 0.15) is 55.2 Å². The molecule has 0 radical (unpaired) electrons. The van der Waals surface area contributed by atoms with Gasteiger partial charge in [0.05, 0.1) is 0 Å². The lowest BCUT2D eigenvalue weighted by atomic mass is 9.89. The smallest absolute Gasteiger partial charge is 0.115 e. The minimum absolute atomic E-state index is 0.315. The molecule has 0 atom stereocenters. The summed E-state index contributed by atoms with van der Waals surface area (Å²) in [4.78, 5) is 0. The average molecular weight is 353 g/mol. The highest BCUT2D eigenvalue weighted by atomic mass is 35.5. The van der Waals surface area contributed by atoms with E-state index in [1.54, 1.807) is 17.7 Å². The summed E-state index contributed by atoms with van der Waals surface area (Å²) in [7, 11) is 0. The molecule has 3 rings (SSSR count). The van der Waals surface area contributed by atoms with Crippen molar-refractivity contribution in [3.05, 3.63) is 76.9 Å². The summed E-state index contributed by atoms with van der Waals surface area (Å²) in [6, 6.07) is 16.3. The molecule has 1 aliphatic rings. The first-order valence-electron chi connectivity index (χ1n) is 9.12. The molecule has 0 bridgehead atoms. The zero-order chi connectivity index (χ0) is 17.5. The Balaban J connectivity index is 2.02. The molecular weight excluding hydrogens is 328 g/mol. The van der Waals surface area contributed by atoms with E-state index in [0.717, 1.165) is 0 Å².